The van der Waals surface area contributed by atoms with Gasteiger partial charge < -0.3 is 9.84 Å². The minimum Gasteiger partial charge on any atom is -0.384 e. The van der Waals surface area contributed by atoms with E-state index in [0.717, 1.165) is 38.0 Å². The molecule has 2 saturated heterocycles. The van der Waals surface area contributed by atoms with E-state index in [-0.39, 0.29) is 12.4 Å². The molecule has 1 N–H and O–H groups in total. The summed E-state index contributed by atoms with van der Waals surface area (Å²) in [5.41, 5.74) is 1.54. The highest BCUT2D eigenvalue weighted by Crippen LogP contribution is 2.27. The van der Waals surface area contributed by atoms with Crippen molar-refractivity contribution < 1.29 is 14.2 Å². The van der Waals surface area contributed by atoms with Crippen molar-refractivity contribution in [2.24, 2.45) is 0 Å². The third-order valence-corrected chi connectivity index (χ3v) is 3.79. The maximum absolute atomic E-state index is 13.6. The number of hydrogen-bond donors (Lipinski definition) is 1. The monoisotopic (exact) mass is 275 g/mol. The summed E-state index contributed by atoms with van der Waals surface area (Å²) in [6.07, 6.45) is 2.96. The second kappa shape index (κ2) is 5.92. The standard InChI is InChI=1S/C16H18FNO2/c17-14-7-12(2-1-5-19)6-13(8-14)9-18-10-15-3-4-16(11-18)20-15/h6-8,15-16,19H,3-5,9-11H2. The Kier molecular flexibility index (Phi) is 4.02. The Labute approximate surface area is 118 Å². The van der Waals surface area contributed by atoms with Gasteiger partial charge >= 0.3 is 0 Å². The maximum Gasteiger partial charge on any atom is 0.124 e. The van der Waals surface area contributed by atoms with Gasteiger partial charge in [0.1, 0.15) is 12.4 Å². The predicted octanol–water partition coefficient (Wildman–Crippen LogP) is 1.53. The zero-order valence-electron chi connectivity index (χ0n) is 11.3. The molecule has 0 spiro atoms. The summed E-state index contributed by atoms with van der Waals surface area (Å²) in [4.78, 5) is 2.32. The van der Waals surface area contributed by atoms with Gasteiger partial charge in [-0.25, -0.2) is 4.39 Å². The van der Waals surface area contributed by atoms with E-state index in [0.29, 0.717) is 17.8 Å². The van der Waals surface area contributed by atoms with Crippen LogP contribution in [0.5, 0.6) is 0 Å². The number of halogens is 1. The lowest BCUT2D eigenvalue weighted by Crippen LogP contribution is -2.41. The second-order valence-corrected chi connectivity index (χ2v) is 5.46. The third kappa shape index (κ3) is 3.18. The number of benzene rings is 1. The molecule has 3 nitrogen and oxygen atoms in total. The SMILES string of the molecule is OCC#Cc1cc(F)cc(CN2CC3CCC(C2)O3)c1. The maximum atomic E-state index is 13.6. The minimum absolute atomic E-state index is 0.210. The fraction of sp³-hybridized carbons (Fsp3) is 0.500. The molecule has 2 bridgehead atoms. The molecule has 20 heavy (non-hydrogen) atoms. The summed E-state index contributed by atoms with van der Waals surface area (Å²) in [5.74, 6) is 5.03. The summed E-state index contributed by atoms with van der Waals surface area (Å²) in [5, 5.41) is 8.70. The fourth-order valence-corrected chi connectivity index (χ4v) is 3.04. The van der Waals surface area contributed by atoms with Crippen LogP contribution in [-0.4, -0.2) is 41.9 Å². The number of aliphatic hydroxyl groups excluding tert-OH is 1. The topological polar surface area (TPSA) is 32.7 Å². The zero-order valence-corrected chi connectivity index (χ0v) is 11.3. The summed E-state index contributed by atoms with van der Waals surface area (Å²) >= 11 is 0. The van der Waals surface area contributed by atoms with Crippen molar-refractivity contribution in [2.45, 2.75) is 31.6 Å². The van der Waals surface area contributed by atoms with Crippen molar-refractivity contribution in [1.82, 2.24) is 4.90 Å². The number of nitrogens with zero attached hydrogens (tertiary/aromatic N) is 1. The highest BCUT2D eigenvalue weighted by atomic mass is 19.1. The van der Waals surface area contributed by atoms with Crippen LogP contribution in [0.4, 0.5) is 4.39 Å². The molecule has 1 aromatic rings. The highest BCUT2D eigenvalue weighted by Gasteiger charge is 2.33. The molecule has 0 radical (unpaired) electrons. The molecule has 2 unspecified atom stereocenters. The van der Waals surface area contributed by atoms with Gasteiger partial charge in [0.2, 0.25) is 0 Å². The van der Waals surface area contributed by atoms with Crippen molar-refractivity contribution in [3.63, 3.8) is 0 Å². The average Bonchev–Trinajstić information content (AvgIpc) is 2.75. The van der Waals surface area contributed by atoms with Crippen molar-refractivity contribution in [3.05, 3.63) is 35.1 Å². The Morgan fingerprint density at radius 3 is 2.70 bits per heavy atom. The van der Waals surface area contributed by atoms with Crippen LogP contribution in [0.1, 0.15) is 24.0 Å². The van der Waals surface area contributed by atoms with E-state index < -0.39 is 0 Å². The van der Waals surface area contributed by atoms with E-state index in [4.69, 9.17) is 9.84 Å². The van der Waals surface area contributed by atoms with E-state index >= 15 is 0 Å². The molecular weight excluding hydrogens is 257 g/mol. The molecular formula is C16H18FNO2. The second-order valence-electron chi connectivity index (χ2n) is 5.46. The van der Waals surface area contributed by atoms with E-state index in [9.17, 15) is 4.39 Å². The Balaban J connectivity index is 1.72. The van der Waals surface area contributed by atoms with Crippen LogP contribution in [0.2, 0.25) is 0 Å². The van der Waals surface area contributed by atoms with Crippen LogP contribution in [0.3, 0.4) is 0 Å². The number of likely N-dealkylation sites (tertiary alicyclic amines) is 1. The molecule has 2 fully saturated rings. The van der Waals surface area contributed by atoms with E-state index in [1.807, 2.05) is 6.07 Å². The van der Waals surface area contributed by atoms with Crippen molar-refractivity contribution in [2.75, 3.05) is 19.7 Å². The quantitative estimate of drug-likeness (QED) is 0.831. The normalized spacial score (nSPS) is 25.3. The minimum atomic E-state index is -0.277. The van der Waals surface area contributed by atoms with Crippen molar-refractivity contribution >= 4 is 0 Å². The first kappa shape index (κ1) is 13.6. The van der Waals surface area contributed by atoms with Gasteiger partial charge in [0, 0.05) is 25.2 Å². The van der Waals surface area contributed by atoms with Gasteiger partial charge in [0.15, 0.2) is 0 Å². The van der Waals surface area contributed by atoms with Gasteiger partial charge in [-0.3, -0.25) is 4.90 Å². The van der Waals surface area contributed by atoms with E-state index in [1.165, 1.54) is 6.07 Å². The first-order valence-corrected chi connectivity index (χ1v) is 7.00. The first-order valence-electron chi connectivity index (χ1n) is 7.00. The highest BCUT2D eigenvalue weighted by molar-refractivity contribution is 5.37. The largest absolute Gasteiger partial charge is 0.384 e. The fourth-order valence-electron chi connectivity index (χ4n) is 3.04. The van der Waals surface area contributed by atoms with Gasteiger partial charge in [0.25, 0.3) is 0 Å². The Bertz CT molecular complexity index is 537. The van der Waals surface area contributed by atoms with Crippen LogP contribution >= 0.6 is 0 Å². The molecule has 2 atom stereocenters. The first-order chi connectivity index (χ1) is 9.72. The molecule has 1 aromatic carbocycles. The zero-order chi connectivity index (χ0) is 13.9. The molecule has 2 aliphatic heterocycles. The van der Waals surface area contributed by atoms with Gasteiger partial charge in [0.05, 0.1) is 12.2 Å². The summed E-state index contributed by atoms with van der Waals surface area (Å²) in [6, 6.07) is 4.85. The van der Waals surface area contributed by atoms with Gasteiger partial charge in [-0.15, -0.1) is 0 Å². The van der Waals surface area contributed by atoms with Gasteiger partial charge in [-0.1, -0.05) is 11.8 Å². The molecule has 0 aromatic heterocycles. The molecule has 4 heteroatoms. The van der Waals surface area contributed by atoms with Crippen LogP contribution in [0, 0.1) is 17.7 Å². The predicted molar refractivity (Wildman–Crippen MR) is 73.5 cm³/mol. The van der Waals surface area contributed by atoms with Crippen molar-refractivity contribution in [1.29, 1.82) is 0 Å². The lowest BCUT2D eigenvalue weighted by Gasteiger charge is -2.32. The Morgan fingerprint density at radius 2 is 2.00 bits per heavy atom. The number of aliphatic hydroxyl groups is 1. The number of fused-ring (bicyclic) bond motifs is 2. The van der Waals surface area contributed by atoms with Crippen LogP contribution in [0.15, 0.2) is 18.2 Å². The lowest BCUT2D eigenvalue weighted by molar-refractivity contribution is -0.0410. The van der Waals surface area contributed by atoms with E-state index in [2.05, 4.69) is 16.7 Å². The van der Waals surface area contributed by atoms with E-state index in [1.54, 1.807) is 6.07 Å². The Hall–Kier alpha value is -1.41. The summed E-state index contributed by atoms with van der Waals surface area (Å²) in [7, 11) is 0. The molecule has 3 rings (SSSR count). The Morgan fingerprint density at radius 1 is 1.25 bits per heavy atom. The van der Waals surface area contributed by atoms with Crippen LogP contribution < -0.4 is 0 Å². The molecule has 106 valence electrons. The third-order valence-electron chi connectivity index (χ3n) is 3.79. The summed E-state index contributed by atoms with van der Waals surface area (Å²) in [6.45, 7) is 2.36. The van der Waals surface area contributed by atoms with Crippen molar-refractivity contribution in [3.8, 4) is 11.8 Å². The number of hydrogen-bond acceptors (Lipinski definition) is 3. The molecule has 2 heterocycles. The van der Waals surface area contributed by atoms with Gasteiger partial charge in [-0.05, 0) is 36.6 Å². The number of ether oxygens (including phenoxy) is 1. The number of rotatable bonds is 2. The molecule has 0 aliphatic carbocycles. The molecule has 0 saturated carbocycles. The average molecular weight is 275 g/mol. The smallest absolute Gasteiger partial charge is 0.124 e. The van der Waals surface area contributed by atoms with Gasteiger partial charge in [-0.2, -0.15) is 0 Å². The van der Waals surface area contributed by atoms with Crippen LogP contribution in [-0.2, 0) is 11.3 Å². The molecule has 2 aliphatic rings. The molecule has 0 amide bonds. The van der Waals surface area contributed by atoms with Crippen LogP contribution in [0.25, 0.3) is 0 Å². The lowest BCUT2D eigenvalue weighted by atomic mass is 10.1. The number of morpholine rings is 1. The summed E-state index contributed by atoms with van der Waals surface area (Å²) < 4.78 is 19.4.